The fourth-order valence-corrected chi connectivity index (χ4v) is 3.36. The molecule has 3 N–H and O–H groups in total. The number of thioether (sulfide) groups is 1. The van der Waals surface area contributed by atoms with E-state index in [0.717, 1.165) is 4.90 Å². The summed E-state index contributed by atoms with van der Waals surface area (Å²) in [7, 11) is 0. The van der Waals surface area contributed by atoms with Crippen molar-refractivity contribution < 1.29 is 4.79 Å². The van der Waals surface area contributed by atoms with Crippen LogP contribution in [0.2, 0.25) is 10.0 Å². The van der Waals surface area contributed by atoms with Crippen molar-refractivity contribution in [1.82, 2.24) is 0 Å². The van der Waals surface area contributed by atoms with Gasteiger partial charge in [-0.15, -0.1) is 11.8 Å². The van der Waals surface area contributed by atoms with Crippen LogP contribution in [0.1, 0.15) is 13.3 Å². The van der Waals surface area contributed by atoms with E-state index in [9.17, 15) is 4.79 Å². The largest absolute Gasteiger partial charge is 0.399 e. The minimum Gasteiger partial charge on any atom is -0.399 e. The fraction of sp³-hybridized carbons (Fsp3) is 0.188. The topological polar surface area (TPSA) is 55.1 Å². The monoisotopic (exact) mass is 354 g/mol. The van der Waals surface area contributed by atoms with Crippen LogP contribution in [0, 0.1) is 0 Å². The Morgan fingerprint density at radius 1 is 1.27 bits per heavy atom. The molecule has 116 valence electrons. The van der Waals surface area contributed by atoms with Gasteiger partial charge in [0.2, 0.25) is 5.91 Å². The number of nitrogens with one attached hydrogen (secondary N) is 1. The van der Waals surface area contributed by atoms with E-state index >= 15 is 0 Å². The SMILES string of the molecule is CCC(Sc1cccc(N)c1)C(=O)Nc1ccc(Cl)cc1Cl. The number of carbonyl (C=O) groups is 1. The molecule has 1 atom stereocenters. The number of amides is 1. The predicted octanol–water partition coefficient (Wildman–Crippen LogP) is 5.09. The Hall–Kier alpha value is -1.36. The summed E-state index contributed by atoms with van der Waals surface area (Å²) in [5.41, 5.74) is 7.01. The summed E-state index contributed by atoms with van der Waals surface area (Å²) in [5, 5.41) is 3.57. The number of anilines is 2. The minimum absolute atomic E-state index is 0.0980. The molecule has 0 fully saturated rings. The zero-order valence-electron chi connectivity index (χ0n) is 12.0. The highest BCUT2D eigenvalue weighted by atomic mass is 35.5. The van der Waals surface area contributed by atoms with E-state index in [-0.39, 0.29) is 11.2 Å². The summed E-state index contributed by atoms with van der Waals surface area (Å²) >= 11 is 13.4. The van der Waals surface area contributed by atoms with E-state index in [4.69, 9.17) is 28.9 Å². The lowest BCUT2D eigenvalue weighted by atomic mass is 10.2. The molecule has 0 saturated heterocycles. The molecule has 0 aromatic heterocycles. The first-order valence-corrected chi connectivity index (χ1v) is 8.41. The van der Waals surface area contributed by atoms with Crippen molar-refractivity contribution in [1.29, 1.82) is 0 Å². The van der Waals surface area contributed by atoms with E-state index in [2.05, 4.69) is 5.32 Å². The average Bonchev–Trinajstić information content (AvgIpc) is 2.47. The quantitative estimate of drug-likeness (QED) is 0.581. The smallest absolute Gasteiger partial charge is 0.237 e. The molecule has 22 heavy (non-hydrogen) atoms. The molecule has 0 aliphatic rings. The maximum atomic E-state index is 12.4. The normalized spacial score (nSPS) is 12.0. The van der Waals surface area contributed by atoms with Crippen LogP contribution >= 0.6 is 35.0 Å². The number of benzene rings is 2. The van der Waals surface area contributed by atoms with Crippen LogP contribution in [-0.4, -0.2) is 11.2 Å². The second-order valence-electron chi connectivity index (χ2n) is 4.70. The molecule has 0 spiro atoms. The molecule has 6 heteroatoms. The third kappa shape index (κ3) is 4.57. The second-order valence-corrected chi connectivity index (χ2v) is 6.82. The van der Waals surface area contributed by atoms with E-state index < -0.39 is 0 Å². The highest BCUT2D eigenvalue weighted by molar-refractivity contribution is 8.00. The van der Waals surface area contributed by atoms with Crippen molar-refractivity contribution in [2.75, 3.05) is 11.1 Å². The van der Waals surface area contributed by atoms with Crippen molar-refractivity contribution in [3.8, 4) is 0 Å². The molecule has 0 aliphatic heterocycles. The molecule has 3 nitrogen and oxygen atoms in total. The predicted molar refractivity (Wildman–Crippen MR) is 95.9 cm³/mol. The molecule has 0 bridgehead atoms. The Balaban J connectivity index is 2.08. The molecule has 1 unspecified atom stereocenters. The summed E-state index contributed by atoms with van der Waals surface area (Å²) < 4.78 is 0. The Kier molecular flexibility index (Phi) is 6.00. The highest BCUT2D eigenvalue weighted by Gasteiger charge is 2.19. The number of hydrogen-bond donors (Lipinski definition) is 2. The van der Waals surface area contributed by atoms with Crippen LogP contribution in [0.4, 0.5) is 11.4 Å². The summed E-state index contributed by atoms with van der Waals surface area (Å²) in [6.45, 7) is 1.97. The van der Waals surface area contributed by atoms with Crippen LogP contribution in [-0.2, 0) is 4.79 Å². The van der Waals surface area contributed by atoms with Gasteiger partial charge in [-0.25, -0.2) is 0 Å². The first kappa shape index (κ1) is 17.0. The summed E-state index contributed by atoms with van der Waals surface area (Å²) in [6.07, 6.45) is 0.691. The van der Waals surface area contributed by atoms with Gasteiger partial charge < -0.3 is 11.1 Å². The maximum Gasteiger partial charge on any atom is 0.237 e. The van der Waals surface area contributed by atoms with Crippen molar-refractivity contribution >= 4 is 52.2 Å². The van der Waals surface area contributed by atoms with Crippen molar-refractivity contribution in [2.24, 2.45) is 0 Å². The number of hydrogen-bond acceptors (Lipinski definition) is 3. The van der Waals surface area contributed by atoms with Crippen LogP contribution in [0.3, 0.4) is 0 Å². The summed E-state index contributed by atoms with van der Waals surface area (Å²) in [4.78, 5) is 13.4. The van der Waals surface area contributed by atoms with Crippen LogP contribution in [0.15, 0.2) is 47.4 Å². The number of nitrogen functional groups attached to an aromatic ring is 1. The molecule has 2 aromatic rings. The second kappa shape index (κ2) is 7.77. The van der Waals surface area contributed by atoms with E-state index in [1.807, 2.05) is 31.2 Å². The Bertz CT molecular complexity index is 679. The van der Waals surface area contributed by atoms with E-state index in [1.165, 1.54) is 11.8 Å². The number of nitrogens with two attached hydrogens (primary N) is 1. The lowest BCUT2D eigenvalue weighted by molar-refractivity contribution is -0.115. The van der Waals surface area contributed by atoms with Gasteiger partial charge in [-0.3, -0.25) is 4.79 Å². The van der Waals surface area contributed by atoms with Gasteiger partial charge in [-0.2, -0.15) is 0 Å². The van der Waals surface area contributed by atoms with Crippen molar-refractivity contribution in [3.05, 3.63) is 52.5 Å². The van der Waals surface area contributed by atoms with Gasteiger partial charge in [-0.1, -0.05) is 36.2 Å². The third-order valence-electron chi connectivity index (χ3n) is 2.99. The van der Waals surface area contributed by atoms with E-state index in [0.29, 0.717) is 27.8 Å². The number of carbonyl (C=O) groups excluding carboxylic acids is 1. The van der Waals surface area contributed by atoms with Gasteiger partial charge in [0.25, 0.3) is 0 Å². The first-order valence-electron chi connectivity index (χ1n) is 6.77. The van der Waals surface area contributed by atoms with Gasteiger partial charge in [-0.05, 0) is 42.8 Å². The molecule has 0 saturated carbocycles. The first-order chi connectivity index (χ1) is 10.5. The molecular weight excluding hydrogens is 339 g/mol. The highest BCUT2D eigenvalue weighted by Crippen LogP contribution is 2.30. The fourth-order valence-electron chi connectivity index (χ4n) is 1.88. The number of halogens is 2. The Morgan fingerprint density at radius 3 is 2.68 bits per heavy atom. The molecule has 1 amide bonds. The standard InChI is InChI=1S/C16H16Cl2N2OS/c1-2-15(22-12-5-3-4-11(19)9-12)16(21)20-14-7-6-10(17)8-13(14)18/h3-9,15H,2,19H2,1H3,(H,20,21). The van der Waals surface area contributed by atoms with Gasteiger partial charge in [0.15, 0.2) is 0 Å². The van der Waals surface area contributed by atoms with Gasteiger partial charge in [0, 0.05) is 15.6 Å². The van der Waals surface area contributed by atoms with Gasteiger partial charge >= 0.3 is 0 Å². The van der Waals surface area contributed by atoms with Crippen LogP contribution in [0.5, 0.6) is 0 Å². The van der Waals surface area contributed by atoms with Crippen molar-refractivity contribution in [2.45, 2.75) is 23.5 Å². The summed E-state index contributed by atoms with van der Waals surface area (Å²) in [5.74, 6) is -0.0980. The molecular formula is C16H16Cl2N2OS. The molecule has 2 rings (SSSR count). The van der Waals surface area contributed by atoms with Crippen LogP contribution in [0.25, 0.3) is 0 Å². The van der Waals surface area contributed by atoms with Gasteiger partial charge in [0.1, 0.15) is 0 Å². The molecule has 0 heterocycles. The summed E-state index contributed by atoms with van der Waals surface area (Å²) in [6, 6.07) is 12.5. The number of rotatable bonds is 5. The minimum atomic E-state index is -0.228. The Morgan fingerprint density at radius 2 is 2.05 bits per heavy atom. The maximum absolute atomic E-state index is 12.4. The van der Waals surface area contributed by atoms with Crippen molar-refractivity contribution in [3.63, 3.8) is 0 Å². The van der Waals surface area contributed by atoms with Crippen LogP contribution < -0.4 is 11.1 Å². The lowest BCUT2D eigenvalue weighted by Gasteiger charge is -2.15. The third-order valence-corrected chi connectivity index (χ3v) is 4.89. The van der Waals surface area contributed by atoms with Gasteiger partial charge in [0.05, 0.1) is 16.0 Å². The zero-order chi connectivity index (χ0) is 16.1. The van der Waals surface area contributed by atoms with E-state index in [1.54, 1.807) is 18.2 Å². The average molecular weight is 355 g/mol. The zero-order valence-corrected chi connectivity index (χ0v) is 14.3. The molecule has 0 radical (unpaired) electrons. The molecule has 0 aliphatic carbocycles. The molecule has 2 aromatic carbocycles. The Labute approximate surface area is 144 Å². The lowest BCUT2D eigenvalue weighted by Crippen LogP contribution is -2.24.